The molecular weight excluding hydrogens is 546 g/mol. The van der Waals surface area contributed by atoms with E-state index in [1.807, 2.05) is 45.0 Å². The molecule has 1 amide bonds. The molecule has 2 aromatic rings. The van der Waals surface area contributed by atoms with Gasteiger partial charge in [-0.1, -0.05) is 35.9 Å². The molecule has 0 unspecified atom stereocenters. The minimum atomic E-state index is -1.48. The molecule has 0 bridgehead atoms. The monoisotopic (exact) mass is 581 g/mol. The van der Waals surface area contributed by atoms with Crippen LogP contribution in [0.15, 0.2) is 36.4 Å². The molecule has 12 heteroatoms. The predicted molar refractivity (Wildman–Crippen MR) is 144 cm³/mol. The summed E-state index contributed by atoms with van der Waals surface area (Å²) >= 11 is 6.43. The number of nitrogens with one attached hydrogen (secondary N) is 1. The van der Waals surface area contributed by atoms with Gasteiger partial charge in [0.05, 0.1) is 30.7 Å². The molecule has 0 aromatic heterocycles. The zero-order chi connectivity index (χ0) is 29.6. The van der Waals surface area contributed by atoms with Crippen LogP contribution in [0.3, 0.4) is 0 Å². The second kappa shape index (κ2) is 13.6. The van der Waals surface area contributed by atoms with Crippen LogP contribution in [0.2, 0.25) is 5.02 Å². The first-order valence-electron chi connectivity index (χ1n) is 12.6. The molecule has 1 aliphatic rings. The number of methoxy groups -OCH3 is 2. The third-order valence-electron chi connectivity index (χ3n) is 6.06. The number of ether oxygens (including phenoxy) is 5. The third-order valence-corrected chi connectivity index (χ3v) is 6.36. The summed E-state index contributed by atoms with van der Waals surface area (Å²) in [4.78, 5) is 25.3. The molecule has 2 aromatic carbocycles. The van der Waals surface area contributed by atoms with Gasteiger partial charge in [-0.15, -0.1) is 0 Å². The van der Waals surface area contributed by atoms with Gasteiger partial charge in [-0.2, -0.15) is 0 Å². The number of halogens is 1. The van der Waals surface area contributed by atoms with Crippen molar-refractivity contribution in [3.63, 3.8) is 0 Å². The number of amides is 1. The maximum absolute atomic E-state index is 13.1. The van der Waals surface area contributed by atoms with E-state index >= 15 is 0 Å². The lowest BCUT2D eigenvalue weighted by atomic mass is 9.96. The summed E-state index contributed by atoms with van der Waals surface area (Å²) in [5.41, 5.74) is 1.02. The minimum Gasteiger partial charge on any atom is -0.496 e. The summed E-state index contributed by atoms with van der Waals surface area (Å²) in [6, 6.07) is 8.96. The Kier molecular flexibility index (Phi) is 10.8. The maximum Gasteiger partial charge on any atom is 0.310 e. The van der Waals surface area contributed by atoms with Gasteiger partial charge in [0.2, 0.25) is 0 Å². The fourth-order valence-electron chi connectivity index (χ4n) is 4.19. The van der Waals surface area contributed by atoms with Crippen LogP contribution < -0.4 is 14.8 Å². The summed E-state index contributed by atoms with van der Waals surface area (Å²) in [6.07, 6.45) is -5.02. The molecule has 220 valence electrons. The van der Waals surface area contributed by atoms with Gasteiger partial charge in [0.25, 0.3) is 5.91 Å². The number of hydrogen-bond donors (Lipinski definition) is 4. The highest BCUT2D eigenvalue weighted by Crippen LogP contribution is 2.34. The first-order chi connectivity index (χ1) is 18.9. The van der Waals surface area contributed by atoms with Crippen LogP contribution in [0.25, 0.3) is 0 Å². The highest BCUT2D eigenvalue weighted by atomic mass is 35.5. The molecule has 0 radical (unpaired) electrons. The van der Waals surface area contributed by atoms with Crippen LogP contribution in [0, 0.1) is 0 Å². The van der Waals surface area contributed by atoms with Crippen molar-refractivity contribution in [1.82, 2.24) is 5.32 Å². The number of aliphatic hydroxyl groups excluding tert-OH is 3. The molecule has 4 N–H and O–H groups in total. The Bertz CT molecular complexity index is 1180. The highest BCUT2D eigenvalue weighted by molar-refractivity contribution is 6.32. The van der Waals surface area contributed by atoms with E-state index in [1.54, 1.807) is 0 Å². The molecule has 0 aliphatic carbocycles. The van der Waals surface area contributed by atoms with E-state index < -0.39 is 48.8 Å². The van der Waals surface area contributed by atoms with Gasteiger partial charge < -0.3 is 44.3 Å². The van der Waals surface area contributed by atoms with E-state index in [0.29, 0.717) is 0 Å². The molecule has 0 saturated carbocycles. The average Bonchev–Trinajstić information content (AvgIpc) is 2.89. The molecule has 3 rings (SSSR count). The lowest BCUT2D eigenvalue weighted by Crippen LogP contribution is -2.64. The van der Waals surface area contributed by atoms with Gasteiger partial charge in [0.1, 0.15) is 48.1 Å². The molecule has 1 saturated heterocycles. The Hall–Kier alpha value is -2.93. The van der Waals surface area contributed by atoms with Crippen molar-refractivity contribution >= 4 is 23.5 Å². The van der Waals surface area contributed by atoms with E-state index in [1.165, 1.54) is 26.4 Å². The van der Waals surface area contributed by atoms with Crippen LogP contribution in [-0.4, -0.2) is 84.3 Å². The Labute approximate surface area is 237 Å². The van der Waals surface area contributed by atoms with Gasteiger partial charge in [-0.25, -0.2) is 0 Å². The highest BCUT2D eigenvalue weighted by Gasteiger charge is 2.45. The van der Waals surface area contributed by atoms with Gasteiger partial charge >= 0.3 is 5.97 Å². The average molecular weight is 582 g/mol. The van der Waals surface area contributed by atoms with Crippen molar-refractivity contribution in [1.29, 1.82) is 0 Å². The standard InChI is InChI=1S/C28H36ClNO10/c1-28(2,3)40-22(32)10-15-7-6-8-16(9-15)14-38-20-12-19(36-4)17(11-18(20)29)26(35)30-23-25(34)24(33)21(13-31)39-27(23)37-5/h6-9,11-12,21,23-25,27,31,33-34H,10,13-14H2,1-5H3,(H,30,35)/t21-,23-,24-,25-,27+/m1/s1. The van der Waals surface area contributed by atoms with Crippen molar-refractivity contribution in [2.75, 3.05) is 20.8 Å². The smallest absolute Gasteiger partial charge is 0.310 e. The van der Waals surface area contributed by atoms with Gasteiger partial charge in [0, 0.05) is 13.2 Å². The maximum atomic E-state index is 13.1. The van der Waals surface area contributed by atoms with E-state index in [0.717, 1.165) is 11.1 Å². The molecule has 5 atom stereocenters. The Morgan fingerprint density at radius 1 is 1.05 bits per heavy atom. The molecular formula is C28H36ClNO10. The third kappa shape index (κ3) is 8.06. The van der Waals surface area contributed by atoms with Gasteiger partial charge in [-0.3, -0.25) is 9.59 Å². The summed E-state index contributed by atoms with van der Waals surface area (Å²) in [6.45, 7) is 5.01. The van der Waals surface area contributed by atoms with Crippen molar-refractivity contribution in [2.45, 2.75) is 70.0 Å². The minimum absolute atomic E-state index is 0.0417. The topological polar surface area (TPSA) is 153 Å². The number of aliphatic hydroxyl groups is 3. The Morgan fingerprint density at radius 2 is 1.75 bits per heavy atom. The lowest BCUT2D eigenvalue weighted by molar-refractivity contribution is -0.261. The fraction of sp³-hybridized carbons (Fsp3) is 0.500. The van der Waals surface area contributed by atoms with Crippen LogP contribution in [0.1, 0.15) is 42.3 Å². The first kappa shape index (κ1) is 31.6. The Morgan fingerprint density at radius 3 is 2.38 bits per heavy atom. The fourth-order valence-corrected chi connectivity index (χ4v) is 4.41. The largest absolute Gasteiger partial charge is 0.496 e. The van der Waals surface area contributed by atoms with Crippen molar-refractivity contribution in [3.8, 4) is 11.5 Å². The summed E-state index contributed by atoms with van der Waals surface area (Å²) in [5, 5.41) is 32.8. The second-order valence-corrected chi connectivity index (χ2v) is 10.7. The molecule has 1 aliphatic heterocycles. The number of benzene rings is 2. The second-order valence-electron chi connectivity index (χ2n) is 10.3. The number of rotatable bonds is 10. The van der Waals surface area contributed by atoms with E-state index in [-0.39, 0.29) is 41.1 Å². The molecule has 0 spiro atoms. The van der Waals surface area contributed by atoms with Crippen LogP contribution in [-0.2, 0) is 32.0 Å². The predicted octanol–water partition coefficient (Wildman–Crippen LogP) is 2.00. The normalized spacial score (nSPS) is 22.9. The molecule has 1 heterocycles. The summed E-state index contributed by atoms with van der Waals surface area (Å²) < 4.78 is 27.3. The zero-order valence-corrected chi connectivity index (χ0v) is 23.8. The van der Waals surface area contributed by atoms with Crippen LogP contribution in [0.5, 0.6) is 11.5 Å². The molecule has 40 heavy (non-hydrogen) atoms. The number of esters is 1. The summed E-state index contributed by atoms with van der Waals surface area (Å²) in [7, 11) is 2.68. The first-order valence-corrected chi connectivity index (χ1v) is 13.0. The van der Waals surface area contributed by atoms with Crippen molar-refractivity contribution in [2.24, 2.45) is 0 Å². The number of carbonyl (C=O) groups is 2. The van der Waals surface area contributed by atoms with E-state index in [9.17, 15) is 24.9 Å². The van der Waals surface area contributed by atoms with Crippen LogP contribution in [0.4, 0.5) is 0 Å². The quantitative estimate of drug-likeness (QED) is 0.306. The van der Waals surface area contributed by atoms with E-state index in [4.69, 9.17) is 35.3 Å². The van der Waals surface area contributed by atoms with Crippen LogP contribution >= 0.6 is 11.6 Å². The Balaban J connectivity index is 1.71. The SMILES string of the molecule is COc1cc(OCc2cccc(CC(=O)OC(C)(C)C)c2)c(Cl)cc1C(=O)N[C@H]1[C@@H](OC)O[C@H](CO)[C@@H](O)[C@@H]1O. The zero-order valence-electron chi connectivity index (χ0n) is 23.0. The molecule has 11 nitrogen and oxygen atoms in total. The van der Waals surface area contributed by atoms with E-state index in [2.05, 4.69) is 5.32 Å². The lowest BCUT2D eigenvalue weighted by Gasteiger charge is -2.41. The molecule has 1 fully saturated rings. The summed E-state index contributed by atoms with van der Waals surface area (Å²) in [5.74, 6) is -0.613. The van der Waals surface area contributed by atoms with Crippen molar-refractivity contribution in [3.05, 3.63) is 58.1 Å². The van der Waals surface area contributed by atoms with Gasteiger partial charge in [-0.05, 0) is 38.0 Å². The van der Waals surface area contributed by atoms with Crippen molar-refractivity contribution < 1.29 is 48.6 Å². The number of hydrogen-bond acceptors (Lipinski definition) is 10. The van der Waals surface area contributed by atoms with Gasteiger partial charge in [0.15, 0.2) is 6.29 Å². The number of carbonyl (C=O) groups excluding carboxylic acids is 2.